The van der Waals surface area contributed by atoms with E-state index in [0.29, 0.717) is 22.3 Å². The van der Waals surface area contributed by atoms with Crippen molar-refractivity contribution in [3.63, 3.8) is 0 Å². The summed E-state index contributed by atoms with van der Waals surface area (Å²) in [6, 6.07) is 8.84. The highest BCUT2D eigenvalue weighted by atomic mass is 35.5. The summed E-state index contributed by atoms with van der Waals surface area (Å²) in [7, 11) is -1.90. The topological polar surface area (TPSA) is 105 Å². The summed E-state index contributed by atoms with van der Waals surface area (Å²) in [6.07, 6.45) is 1.45. The molecule has 11 heteroatoms. The van der Waals surface area contributed by atoms with E-state index < -0.39 is 21.7 Å². The molecule has 0 saturated heterocycles. The van der Waals surface area contributed by atoms with Crippen LogP contribution in [0.25, 0.3) is 10.9 Å². The van der Waals surface area contributed by atoms with Gasteiger partial charge in [-0.25, -0.2) is 17.5 Å². The van der Waals surface area contributed by atoms with Gasteiger partial charge in [-0.15, -0.1) is 6.58 Å². The molecule has 0 saturated carbocycles. The lowest BCUT2D eigenvalue weighted by molar-refractivity contribution is 0.101. The van der Waals surface area contributed by atoms with Crippen molar-refractivity contribution in [3.8, 4) is 0 Å². The Morgan fingerprint density at radius 1 is 1.27 bits per heavy atom. The number of halogens is 2. The summed E-state index contributed by atoms with van der Waals surface area (Å²) in [4.78, 5) is 12.7. The third-order valence-corrected chi connectivity index (χ3v) is 5.56. The molecule has 0 aliphatic heterocycles. The van der Waals surface area contributed by atoms with Crippen LogP contribution in [0.2, 0.25) is 5.02 Å². The number of fused-ring (bicyclic) bond motifs is 1. The molecule has 0 aliphatic carbocycles. The SMILES string of the molecule is C=CCNS(=O)(=O)CNc1ccc2c(C(=O)Nc3ccc(F)c(Cl)c3)n(C)nc2c1. The molecule has 3 N–H and O–H groups in total. The molecular weight excluding hydrogens is 433 g/mol. The minimum Gasteiger partial charge on any atom is -0.370 e. The number of carbonyl (C=O) groups excluding carboxylic acids is 1. The van der Waals surface area contributed by atoms with Crippen LogP contribution in [0.4, 0.5) is 15.8 Å². The summed E-state index contributed by atoms with van der Waals surface area (Å²) < 4.78 is 40.8. The van der Waals surface area contributed by atoms with E-state index in [9.17, 15) is 17.6 Å². The van der Waals surface area contributed by atoms with Crippen molar-refractivity contribution >= 4 is 49.8 Å². The number of anilines is 2. The summed E-state index contributed by atoms with van der Waals surface area (Å²) in [5.74, 6) is -1.35. The summed E-state index contributed by atoms with van der Waals surface area (Å²) in [5, 5.41) is 10.3. The molecule has 1 heterocycles. The number of amides is 1. The van der Waals surface area contributed by atoms with Crippen LogP contribution in [0.1, 0.15) is 10.5 Å². The molecule has 0 spiro atoms. The summed E-state index contributed by atoms with van der Waals surface area (Å²) in [5.41, 5.74) is 1.66. The number of sulfonamides is 1. The average Bonchev–Trinajstić information content (AvgIpc) is 3.03. The average molecular weight is 452 g/mol. The molecule has 0 bridgehead atoms. The number of hydrogen-bond acceptors (Lipinski definition) is 5. The number of hydrogen-bond donors (Lipinski definition) is 3. The lowest BCUT2D eigenvalue weighted by Crippen LogP contribution is -2.29. The first-order valence-electron chi connectivity index (χ1n) is 8.75. The second-order valence-electron chi connectivity index (χ2n) is 6.36. The van der Waals surface area contributed by atoms with Crippen molar-refractivity contribution in [2.75, 3.05) is 23.1 Å². The van der Waals surface area contributed by atoms with Crippen molar-refractivity contribution in [1.29, 1.82) is 0 Å². The van der Waals surface area contributed by atoms with Gasteiger partial charge in [-0.05, 0) is 36.4 Å². The predicted molar refractivity (Wildman–Crippen MR) is 116 cm³/mol. The maximum absolute atomic E-state index is 13.3. The number of nitrogens with one attached hydrogen (secondary N) is 3. The van der Waals surface area contributed by atoms with E-state index in [-0.39, 0.29) is 23.1 Å². The number of aromatic nitrogens is 2. The quantitative estimate of drug-likeness (QED) is 0.456. The van der Waals surface area contributed by atoms with Crippen molar-refractivity contribution in [3.05, 3.63) is 65.6 Å². The Bertz CT molecular complexity index is 1230. The molecule has 30 heavy (non-hydrogen) atoms. The van der Waals surface area contributed by atoms with Crippen LogP contribution in [-0.4, -0.2) is 36.5 Å². The van der Waals surface area contributed by atoms with Gasteiger partial charge < -0.3 is 10.6 Å². The smallest absolute Gasteiger partial charge is 0.274 e. The van der Waals surface area contributed by atoms with E-state index in [1.54, 1.807) is 25.2 Å². The molecule has 0 atom stereocenters. The highest BCUT2D eigenvalue weighted by Gasteiger charge is 2.18. The lowest BCUT2D eigenvalue weighted by atomic mass is 10.1. The number of benzene rings is 2. The fraction of sp³-hybridized carbons (Fsp3) is 0.158. The summed E-state index contributed by atoms with van der Waals surface area (Å²) in [6.45, 7) is 3.60. The maximum Gasteiger partial charge on any atom is 0.274 e. The van der Waals surface area contributed by atoms with Gasteiger partial charge in [0, 0.05) is 30.4 Å². The Balaban J connectivity index is 1.80. The molecule has 0 unspecified atom stereocenters. The molecule has 3 aromatic rings. The van der Waals surface area contributed by atoms with Crippen LogP contribution in [0.5, 0.6) is 0 Å². The van der Waals surface area contributed by atoms with Gasteiger partial charge in [-0.1, -0.05) is 17.7 Å². The maximum atomic E-state index is 13.3. The van der Waals surface area contributed by atoms with E-state index >= 15 is 0 Å². The van der Waals surface area contributed by atoms with Crippen LogP contribution >= 0.6 is 11.6 Å². The fourth-order valence-corrected chi connectivity index (χ4v) is 3.77. The Kier molecular flexibility index (Phi) is 6.40. The molecule has 158 valence electrons. The van der Waals surface area contributed by atoms with Crippen molar-refractivity contribution < 1.29 is 17.6 Å². The first-order valence-corrected chi connectivity index (χ1v) is 10.8. The van der Waals surface area contributed by atoms with Crippen molar-refractivity contribution in [2.24, 2.45) is 7.05 Å². The summed E-state index contributed by atoms with van der Waals surface area (Å²) >= 11 is 5.75. The van der Waals surface area contributed by atoms with Crippen molar-refractivity contribution in [2.45, 2.75) is 0 Å². The fourth-order valence-electron chi connectivity index (χ4n) is 2.76. The zero-order chi connectivity index (χ0) is 21.9. The van der Waals surface area contributed by atoms with E-state index in [1.807, 2.05) is 0 Å². The Labute approximate surface area is 177 Å². The molecule has 1 aromatic heterocycles. The largest absolute Gasteiger partial charge is 0.370 e. The lowest BCUT2D eigenvalue weighted by Gasteiger charge is -2.08. The van der Waals surface area contributed by atoms with Gasteiger partial charge in [0.2, 0.25) is 10.0 Å². The highest BCUT2D eigenvalue weighted by molar-refractivity contribution is 7.89. The molecule has 0 radical (unpaired) electrons. The standard InChI is InChI=1S/C19H19ClFN5O3S/c1-3-8-23-30(28,29)11-22-12-4-6-14-17(10-12)25-26(2)18(14)19(27)24-13-5-7-16(21)15(20)9-13/h3-7,9-10,22-23H,1,8,11H2,2H3,(H,24,27). The Morgan fingerprint density at radius 2 is 2.00 bits per heavy atom. The minimum atomic E-state index is -3.51. The van der Waals surface area contributed by atoms with E-state index in [0.717, 1.165) is 6.07 Å². The van der Waals surface area contributed by atoms with Crippen LogP contribution in [0.3, 0.4) is 0 Å². The van der Waals surface area contributed by atoms with Gasteiger partial charge in [0.1, 0.15) is 17.4 Å². The van der Waals surface area contributed by atoms with Gasteiger partial charge in [0.05, 0.1) is 10.5 Å². The van der Waals surface area contributed by atoms with Gasteiger partial charge >= 0.3 is 0 Å². The third-order valence-electron chi connectivity index (χ3n) is 4.14. The number of nitrogens with zero attached hydrogens (tertiary/aromatic N) is 2. The Morgan fingerprint density at radius 3 is 2.70 bits per heavy atom. The molecular formula is C19H19ClFN5O3S. The highest BCUT2D eigenvalue weighted by Crippen LogP contribution is 2.24. The number of carbonyl (C=O) groups is 1. The molecule has 2 aromatic carbocycles. The van der Waals surface area contributed by atoms with E-state index in [1.165, 1.54) is 22.9 Å². The Hall–Kier alpha value is -2.95. The van der Waals surface area contributed by atoms with Gasteiger partial charge in [-0.2, -0.15) is 5.10 Å². The molecule has 8 nitrogen and oxygen atoms in total. The second-order valence-corrected chi connectivity index (χ2v) is 8.57. The zero-order valence-electron chi connectivity index (χ0n) is 15.9. The minimum absolute atomic E-state index is 0.101. The normalized spacial score (nSPS) is 11.4. The zero-order valence-corrected chi connectivity index (χ0v) is 17.5. The predicted octanol–water partition coefficient (Wildman–Crippen LogP) is 3.09. The third kappa shape index (κ3) is 4.96. The molecule has 0 aliphatic rings. The van der Waals surface area contributed by atoms with Gasteiger partial charge in [-0.3, -0.25) is 9.48 Å². The van der Waals surface area contributed by atoms with Gasteiger partial charge in [0.15, 0.2) is 0 Å². The molecule has 3 rings (SSSR count). The first-order chi connectivity index (χ1) is 14.2. The molecule has 0 fully saturated rings. The first kappa shape index (κ1) is 21.8. The van der Waals surface area contributed by atoms with Crippen LogP contribution in [0.15, 0.2) is 49.1 Å². The number of aryl methyl sites for hydroxylation is 1. The van der Waals surface area contributed by atoms with E-state index in [2.05, 4.69) is 27.0 Å². The van der Waals surface area contributed by atoms with Crippen LogP contribution in [-0.2, 0) is 17.1 Å². The van der Waals surface area contributed by atoms with Crippen LogP contribution < -0.4 is 15.4 Å². The number of rotatable bonds is 8. The molecule has 1 amide bonds. The van der Waals surface area contributed by atoms with Crippen LogP contribution in [0, 0.1) is 5.82 Å². The second kappa shape index (κ2) is 8.82. The van der Waals surface area contributed by atoms with Gasteiger partial charge in [0.25, 0.3) is 5.91 Å². The van der Waals surface area contributed by atoms with E-state index in [4.69, 9.17) is 11.6 Å². The van der Waals surface area contributed by atoms with Crippen molar-refractivity contribution in [1.82, 2.24) is 14.5 Å². The monoisotopic (exact) mass is 451 g/mol.